The molecule has 31 heavy (non-hydrogen) atoms. The number of rotatable bonds is 6. The minimum absolute atomic E-state index is 0.0260. The highest BCUT2D eigenvalue weighted by atomic mass is 32.2. The summed E-state index contributed by atoms with van der Waals surface area (Å²) in [6, 6.07) is 17.9. The van der Waals surface area contributed by atoms with Gasteiger partial charge in [-0.05, 0) is 42.5 Å². The average Bonchev–Trinajstić information content (AvgIpc) is 2.77. The predicted molar refractivity (Wildman–Crippen MR) is 113 cm³/mol. The second-order valence-electron chi connectivity index (χ2n) is 6.71. The third kappa shape index (κ3) is 4.61. The van der Waals surface area contributed by atoms with E-state index in [0.29, 0.717) is 30.4 Å². The van der Waals surface area contributed by atoms with Crippen molar-refractivity contribution >= 4 is 27.3 Å². The number of halogens is 1. The molecule has 160 valence electrons. The lowest BCUT2D eigenvalue weighted by Crippen LogP contribution is -2.38. The van der Waals surface area contributed by atoms with Crippen molar-refractivity contribution in [2.45, 2.75) is 4.90 Å². The Morgan fingerprint density at radius 3 is 2.42 bits per heavy atom. The Balaban J connectivity index is 1.68. The highest BCUT2D eigenvalue weighted by molar-refractivity contribution is 7.92. The Morgan fingerprint density at radius 2 is 1.68 bits per heavy atom. The van der Waals surface area contributed by atoms with Crippen molar-refractivity contribution in [3.8, 4) is 11.5 Å². The number of ether oxygens (including phenoxy) is 2. The van der Waals surface area contributed by atoms with Crippen molar-refractivity contribution in [1.82, 2.24) is 0 Å². The van der Waals surface area contributed by atoms with Gasteiger partial charge in [-0.3, -0.25) is 9.10 Å². The van der Waals surface area contributed by atoms with Crippen LogP contribution in [0.25, 0.3) is 0 Å². The topological polar surface area (TPSA) is 84.9 Å². The number of hydrogen-bond donors (Lipinski definition) is 1. The normalized spacial score (nSPS) is 12.8. The molecule has 4 rings (SSSR count). The first kappa shape index (κ1) is 20.7. The third-order valence-corrected chi connectivity index (χ3v) is 6.31. The number of carbonyl (C=O) groups excluding carboxylic acids is 1. The van der Waals surface area contributed by atoms with Gasteiger partial charge in [0.15, 0.2) is 11.5 Å². The Hall–Kier alpha value is -3.59. The Morgan fingerprint density at radius 1 is 0.935 bits per heavy atom. The number of nitrogens with one attached hydrogen (secondary N) is 1. The Labute approximate surface area is 179 Å². The van der Waals surface area contributed by atoms with E-state index in [1.54, 1.807) is 30.3 Å². The molecule has 0 aliphatic carbocycles. The SMILES string of the molecule is O=C(CN(c1cccc(F)c1)S(=O)(=O)c1ccc2c(c1)OCCO2)Nc1ccccc1. The number of nitrogens with zero attached hydrogens (tertiary/aromatic N) is 1. The molecule has 9 heteroatoms. The van der Waals surface area contributed by atoms with E-state index in [1.807, 2.05) is 0 Å². The zero-order chi connectivity index (χ0) is 21.8. The molecule has 0 saturated carbocycles. The van der Waals surface area contributed by atoms with Crippen LogP contribution in [0.15, 0.2) is 77.7 Å². The van der Waals surface area contributed by atoms with Crippen molar-refractivity contribution in [3.05, 3.63) is 78.6 Å². The number of para-hydroxylation sites is 1. The smallest absolute Gasteiger partial charge is 0.264 e. The van der Waals surface area contributed by atoms with Crippen LogP contribution < -0.4 is 19.1 Å². The molecule has 0 bridgehead atoms. The van der Waals surface area contributed by atoms with E-state index in [2.05, 4.69) is 5.32 Å². The third-order valence-electron chi connectivity index (χ3n) is 4.54. The molecular formula is C22H19FN2O5S. The monoisotopic (exact) mass is 442 g/mol. The maximum absolute atomic E-state index is 13.9. The van der Waals surface area contributed by atoms with Gasteiger partial charge in [-0.2, -0.15) is 0 Å². The van der Waals surface area contributed by atoms with Crippen LogP contribution in [0.4, 0.5) is 15.8 Å². The average molecular weight is 442 g/mol. The molecule has 7 nitrogen and oxygen atoms in total. The summed E-state index contributed by atoms with van der Waals surface area (Å²) in [6.07, 6.45) is 0. The predicted octanol–water partition coefficient (Wildman–Crippen LogP) is 3.43. The molecule has 3 aromatic carbocycles. The van der Waals surface area contributed by atoms with Gasteiger partial charge in [0.2, 0.25) is 5.91 Å². The summed E-state index contributed by atoms with van der Waals surface area (Å²) >= 11 is 0. The minimum atomic E-state index is -4.22. The summed E-state index contributed by atoms with van der Waals surface area (Å²) in [6.45, 7) is 0.118. The summed E-state index contributed by atoms with van der Waals surface area (Å²) in [4.78, 5) is 12.5. The first-order chi connectivity index (χ1) is 14.9. The quantitative estimate of drug-likeness (QED) is 0.632. The van der Waals surface area contributed by atoms with Crippen LogP contribution in [0.5, 0.6) is 11.5 Å². The van der Waals surface area contributed by atoms with Gasteiger partial charge >= 0.3 is 0 Å². The molecular weight excluding hydrogens is 423 g/mol. The molecule has 1 amide bonds. The lowest BCUT2D eigenvalue weighted by molar-refractivity contribution is -0.114. The fourth-order valence-electron chi connectivity index (χ4n) is 3.11. The van der Waals surface area contributed by atoms with Crippen molar-refractivity contribution in [2.24, 2.45) is 0 Å². The fourth-order valence-corrected chi connectivity index (χ4v) is 4.54. The number of sulfonamides is 1. The molecule has 3 aromatic rings. The van der Waals surface area contributed by atoms with Crippen molar-refractivity contribution in [3.63, 3.8) is 0 Å². The zero-order valence-corrected chi connectivity index (χ0v) is 17.1. The molecule has 0 atom stereocenters. The van der Waals surface area contributed by atoms with Crippen molar-refractivity contribution in [1.29, 1.82) is 0 Å². The molecule has 0 radical (unpaired) electrons. The molecule has 0 saturated heterocycles. The van der Waals surface area contributed by atoms with Crippen LogP contribution in [-0.4, -0.2) is 34.1 Å². The van der Waals surface area contributed by atoms with E-state index in [0.717, 1.165) is 10.4 Å². The largest absolute Gasteiger partial charge is 0.486 e. The summed E-state index contributed by atoms with van der Waals surface area (Å²) < 4.78 is 52.5. The van der Waals surface area contributed by atoms with Gasteiger partial charge < -0.3 is 14.8 Å². The summed E-state index contributed by atoms with van der Waals surface area (Å²) in [5.41, 5.74) is 0.543. The van der Waals surface area contributed by atoms with Gasteiger partial charge in [0.05, 0.1) is 10.6 Å². The van der Waals surface area contributed by atoms with Crippen LogP contribution in [0.3, 0.4) is 0 Å². The fraction of sp³-hybridized carbons (Fsp3) is 0.136. The van der Waals surface area contributed by atoms with Crippen LogP contribution >= 0.6 is 0 Å². The number of anilines is 2. The van der Waals surface area contributed by atoms with Crippen LogP contribution in [0.1, 0.15) is 0 Å². The summed E-state index contributed by atoms with van der Waals surface area (Å²) in [5, 5.41) is 2.65. The lowest BCUT2D eigenvalue weighted by atomic mass is 10.3. The van der Waals surface area contributed by atoms with Crippen LogP contribution in [0.2, 0.25) is 0 Å². The lowest BCUT2D eigenvalue weighted by Gasteiger charge is -2.25. The molecule has 1 N–H and O–H groups in total. The zero-order valence-electron chi connectivity index (χ0n) is 16.3. The first-order valence-corrected chi connectivity index (χ1v) is 10.9. The maximum Gasteiger partial charge on any atom is 0.264 e. The van der Waals surface area contributed by atoms with E-state index in [1.165, 1.54) is 36.4 Å². The number of benzene rings is 3. The Bertz CT molecular complexity index is 1200. The minimum Gasteiger partial charge on any atom is -0.486 e. The second-order valence-corrected chi connectivity index (χ2v) is 8.57. The highest BCUT2D eigenvalue weighted by Gasteiger charge is 2.29. The van der Waals surface area contributed by atoms with E-state index < -0.39 is 28.3 Å². The number of hydrogen-bond acceptors (Lipinski definition) is 5. The number of fused-ring (bicyclic) bond motifs is 1. The van der Waals surface area contributed by atoms with Gasteiger partial charge in [-0.25, -0.2) is 12.8 Å². The summed E-state index contributed by atoms with van der Waals surface area (Å²) in [7, 11) is -4.22. The van der Waals surface area contributed by atoms with Crippen LogP contribution in [-0.2, 0) is 14.8 Å². The molecule has 1 heterocycles. The van der Waals surface area contributed by atoms with E-state index >= 15 is 0 Å². The van der Waals surface area contributed by atoms with Gasteiger partial charge in [-0.1, -0.05) is 24.3 Å². The van der Waals surface area contributed by atoms with Gasteiger partial charge in [0.25, 0.3) is 10.0 Å². The standard InChI is InChI=1S/C22H19FN2O5S/c23-16-5-4-8-18(13-16)25(15-22(26)24-17-6-2-1-3-7-17)31(27,28)19-9-10-20-21(14-19)30-12-11-29-20/h1-10,13-14H,11-12,15H2,(H,24,26). The van der Waals surface area contributed by atoms with Gasteiger partial charge in [0, 0.05) is 11.8 Å². The van der Waals surface area contributed by atoms with E-state index in [4.69, 9.17) is 9.47 Å². The second kappa shape index (κ2) is 8.65. The number of carbonyl (C=O) groups is 1. The van der Waals surface area contributed by atoms with Crippen molar-refractivity contribution in [2.75, 3.05) is 29.4 Å². The van der Waals surface area contributed by atoms with E-state index in [9.17, 15) is 17.6 Å². The molecule has 0 spiro atoms. The maximum atomic E-state index is 13.9. The summed E-state index contributed by atoms with van der Waals surface area (Å²) in [5.74, 6) is -0.468. The van der Waals surface area contributed by atoms with Crippen LogP contribution in [0, 0.1) is 5.82 Å². The highest BCUT2D eigenvalue weighted by Crippen LogP contribution is 2.34. The molecule has 0 fully saturated rings. The van der Waals surface area contributed by atoms with Gasteiger partial charge in [0.1, 0.15) is 25.6 Å². The molecule has 0 aromatic heterocycles. The molecule has 1 aliphatic rings. The van der Waals surface area contributed by atoms with E-state index in [-0.39, 0.29) is 10.6 Å². The molecule has 0 unspecified atom stereocenters. The van der Waals surface area contributed by atoms with Crippen molar-refractivity contribution < 1.29 is 27.1 Å². The Kier molecular flexibility index (Phi) is 5.77. The van der Waals surface area contributed by atoms with Gasteiger partial charge in [-0.15, -0.1) is 0 Å². The number of amides is 1. The first-order valence-electron chi connectivity index (χ1n) is 9.46. The molecule has 1 aliphatic heterocycles.